The highest BCUT2D eigenvalue weighted by atomic mass is 16.5. The second-order valence-electron chi connectivity index (χ2n) is 5.70. The normalized spacial score (nSPS) is 16.5. The summed E-state index contributed by atoms with van der Waals surface area (Å²) in [4.78, 5) is 11.8. The van der Waals surface area contributed by atoms with Gasteiger partial charge in [0.2, 0.25) is 5.91 Å². The third-order valence-corrected chi connectivity index (χ3v) is 3.66. The predicted molar refractivity (Wildman–Crippen MR) is 85.2 cm³/mol. The molecular formula is C17H25NO4. The number of fused-ring (bicyclic) bond motifs is 1. The summed E-state index contributed by atoms with van der Waals surface area (Å²) in [6.45, 7) is 4.27. The van der Waals surface area contributed by atoms with Crippen LogP contribution in [0.4, 0.5) is 5.69 Å². The molecule has 1 aromatic carbocycles. The maximum Gasteiger partial charge on any atom is 0.250 e. The number of carbonyl (C=O) groups excluding carboxylic acids is 1. The summed E-state index contributed by atoms with van der Waals surface area (Å²) in [7, 11) is 1.63. The summed E-state index contributed by atoms with van der Waals surface area (Å²) >= 11 is 0. The molecule has 22 heavy (non-hydrogen) atoms. The standard InChI is InChI=1S/C17H25NO4/c1-13-9-14-3-4-16(11-15(14)10-13)18-17(19)12-22-8-7-21-6-5-20-2/h3-4,11,13H,5-10,12H2,1-2H3,(H,18,19). The van der Waals surface area contributed by atoms with E-state index in [9.17, 15) is 4.79 Å². The molecule has 0 bridgehead atoms. The van der Waals surface area contributed by atoms with Crippen LogP contribution in [0.1, 0.15) is 18.1 Å². The monoisotopic (exact) mass is 307 g/mol. The minimum Gasteiger partial charge on any atom is -0.382 e. The summed E-state index contributed by atoms with van der Waals surface area (Å²) in [6, 6.07) is 6.15. The highest BCUT2D eigenvalue weighted by Crippen LogP contribution is 2.28. The highest BCUT2D eigenvalue weighted by molar-refractivity contribution is 5.91. The molecule has 1 N–H and O–H groups in total. The van der Waals surface area contributed by atoms with Crippen LogP contribution in [0.5, 0.6) is 0 Å². The number of ether oxygens (including phenoxy) is 3. The molecule has 0 saturated carbocycles. The van der Waals surface area contributed by atoms with Crippen LogP contribution in [0.2, 0.25) is 0 Å². The molecule has 2 rings (SSSR count). The lowest BCUT2D eigenvalue weighted by molar-refractivity contribution is -0.121. The third-order valence-electron chi connectivity index (χ3n) is 3.66. The zero-order valence-electron chi connectivity index (χ0n) is 13.4. The van der Waals surface area contributed by atoms with E-state index < -0.39 is 0 Å². The van der Waals surface area contributed by atoms with E-state index >= 15 is 0 Å². The minimum absolute atomic E-state index is 0.0428. The molecule has 1 amide bonds. The van der Waals surface area contributed by atoms with Crippen molar-refractivity contribution in [3.63, 3.8) is 0 Å². The van der Waals surface area contributed by atoms with Crippen molar-refractivity contribution in [1.29, 1.82) is 0 Å². The molecule has 0 aliphatic heterocycles. The lowest BCUT2D eigenvalue weighted by Gasteiger charge is -2.08. The van der Waals surface area contributed by atoms with Crippen molar-refractivity contribution in [2.24, 2.45) is 5.92 Å². The summed E-state index contributed by atoms with van der Waals surface area (Å²) in [6.07, 6.45) is 2.23. The number of nitrogens with one attached hydrogen (secondary N) is 1. The van der Waals surface area contributed by atoms with Crippen LogP contribution in [0.25, 0.3) is 0 Å². The van der Waals surface area contributed by atoms with Crippen molar-refractivity contribution in [2.45, 2.75) is 19.8 Å². The molecule has 1 unspecified atom stereocenters. The topological polar surface area (TPSA) is 56.8 Å². The molecule has 122 valence electrons. The average molecular weight is 307 g/mol. The molecule has 0 spiro atoms. The molecule has 0 aromatic heterocycles. The Bertz CT molecular complexity index is 490. The first-order valence-electron chi connectivity index (χ1n) is 7.75. The Morgan fingerprint density at radius 1 is 1.14 bits per heavy atom. The Balaban J connectivity index is 1.64. The largest absolute Gasteiger partial charge is 0.382 e. The summed E-state index contributed by atoms with van der Waals surface area (Å²) in [5.41, 5.74) is 3.59. The van der Waals surface area contributed by atoms with E-state index in [1.54, 1.807) is 7.11 Å². The number of amides is 1. The lowest BCUT2D eigenvalue weighted by atomic mass is 10.1. The third kappa shape index (κ3) is 5.40. The van der Waals surface area contributed by atoms with E-state index in [4.69, 9.17) is 14.2 Å². The summed E-state index contributed by atoms with van der Waals surface area (Å²) in [5.74, 6) is 0.560. The Labute approximate surface area is 131 Å². The summed E-state index contributed by atoms with van der Waals surface area (Å²) in [5, 5.41) is 2.87. The second-order valence-corrected chi connectivity index (χ2v) is 5.70. The van der Waals surface area contributed by atoms with E-state index in [2.05, 4.69) is 24.4 Å². The van der Waals surface area contributed by atoms with Gasteiger partial charge in [0.15, 0.2) is 0 Å². The smallest absolute Gasteiger partial charge is 0.250 e. The Morgan fingerprint density at radius 3 is 2.68 bits per heavy atom. The number of hydrogen-bond acceptors (Lipinski definition) is 4. The van der Waals surface area contributed by atoms with E-state index in [0.29, 0.717) is 32.3 Å². The van der Waals surface area contributed by atoms with E-state index in [-0.39, 0.29) is 12.5 Å². The van der Waals surface area contributed by atoms with Gasteiger partial charge in [0.25, 0.3) is 0 Å². The molecule has 1 aromatic rings. The highest BCUT2D eigenvalue weighted by Gasteiger charge is 2.17. The van der Waals surface area contributed by atoms with Crippen molar-refractivity contribution in [3.8, 4) is 0 Å². The van der Waals surface area contributed by atoms with Crippen molar-refractivity contribution in [1.82, 2.24) is 0 Å². The first-order chi connectivity index (χ1) is 10.7. The molecule has 1 aliphatic carbocycles. The maximum atomic E-state index is 11.8. The number of hydrogen-bond donors (Lipinski definition) is 1. The molecule has 5 heteroatoms. The number of methoxy groups -OCH3 is 1. The van der Waals surface area contributed by atoms with E-state index in [1.807, 2.05) is 6.07 Å². The molecule has 1 atom stereocenters. The lowest BCUT2D eigenvalue weighted by Crippen LogP contribution is -2.20. The van der Waals surface area contributed by atoms with Gasteiger partial charge in [0.1, 0.15) is 6.61 Å². The SMILES string of the molecule is COCCOCCOCC(=O)Nc1ccc2c(c1)CC(C)C2. The molecule has 0 heterocycles. The van der Waals surface area contributed by atoms with Gasteiger partial charge in [-0.1, -0.05) is 13.0 Å². The van der Waals surface area contributed by atoms with Gasteiger partial charge in [-0.3, -0.25) is 4.79 Å². The predicted octanol–water partition coefficient (Wildman–Crippen LogP) is 2.04. The van der Waals surface area contributed by atoms with Gasteiger partial charge in [0, 0.05) is 12.8 Å². The molecule has 0 radical (unpaired) electrons. The second kappa shape index (κ2) is 8.88. The Morgan fingerprint density at radius 2 is 1.86 bits per heavy atom. The van der Waals surface area contributed by atoms with Crippen molar-refractivity contribution < 1.29 is 19.0 Å². The van der Waals surface area contributed by atoms with Gasteiger partial charge in [0.05, 0.1) is 26.4 Å². The fraction of sp³-hybridized carbons (Fsp3) is 0.588. The van der Waals surface area contributed by atoms with Gasteiger partial charge >= 0.3 is 0 Å². The van der Waals surface area contributed by atoms with Crippen LogP contribution in [0.15, 0.2) is 18.2 Å². The zero-order valence-corrected chi connectivity index (χ0v) is 13.4. The number of carbonyl (C=O) groups is 1. The quantitative estimate of drug-likeness (QED) is 0.709. The van der Waals surface area contributed by atoms with Crippen molar-refractivity contribution >= 4 is 11.6 Å². The van der Waals surface area contributed by atoms with Crippen LogP contribution >= 0.6 is 0 Å². The molecule has 1 aliphatic rings. The minimum atomic E-state index is -0.136. The Kier molecular flexibility index (Phi) is 6.83. The zero-order chi connectivity index (χ0) is 15.8. The van der Waals surface area contributed by atoms with Gasteiger partial charge in [-0.05, 0) is 42.0 Å². The molecule has 5 nitrogen and oxygen atoms in total. The fourth-order valence-corrected chi connectivity index (χ4v) is 2.64. The molecule has 0 saturated heterocycles. The van der Waals surface area contributed by atoms with Crippen LogP contribution < -0.4 is 5.32 Å². The van der Waals surface area contributed by atoms with E-state index in [1.165, 1.54) is 11.1 Å². The van der Waals surface area contributed by atoms with Crippen LogP contribution in [0.3, 0.4) is 0 Å². The van der Waals surface area contributed by atoms with Gasteiger partial charge in [-0.2, -0.15) is 0 Å². The average Bonchev–Trinajstić information content (AvgIpc) is 2.85. The van der Waals surface area contributed by atoms with Crippen LogP contribution in [0, 0.1) is 5.92 Å². The number of anilines is 1. The summed E-state index contributed by atoms with van der Waals surface area (Å²) < 4.78 is 15.4. The maximum absolute atomic E-state index is 11.8. The fourth-order valence-electron chi connectivity index (χ4n) is 2.64. The number of rotatable bonds is 9. The van der Waals surface area contributed by atoms with E-state index in [0.717, 1.165) is 18.5 Å². The first kappa shape index (κ1) is 16.9. The van der Waals surface area contributed by atoms with Gasteiger partial charge in [-0.25, -0.2) is 0 Å². The number of benzene rings is 1. The first-order valence-corrected chi connectivity index (χ1v) is 7.75. The Hall–Kier alpha value is -1.43. The van der Waals surface area contributed by atoms with Crippen molar-refractivity contribution in [3.05, 3.63) is 29.3 Å². The van der Waals surface area contributed by atoms with Crippen molar-refractivity contribution in [2.75, 3.05) is 45.5 Å². The van der Waals surface area contributed by atoms with Gasteiger partial charge in [-0.15, -0.1) is 0 Å². The van der Waals surface area contributed by atoms with Crippen LogP contribution in [-0.2, 0) is 31.8 Å². The van der Waals surface area contributed by atoms with Gasteiger partial charge < -0.3 is 19.5 Å². The van der Waals surface area contributed by atoms with Crippen LogP contribution in [-0.4, -0.2) is 46.1 Å². The molecular weight excluding hydrogens is 282 g/mol. The molecule has 0 fully saturated rings.